The fourth-order valence-corrected chi connectivity index (χ4v) is 6.34. The normalized spacial score (nSPS) is 23.6. The summed E-state index contributed by atoms with van der Waals surface area (Å²) in [6.45, 7) is 3.12. The molecule has 4 rings (SSSR count). The van der Waals surface area contributed by atoms with Crippen molar-refractivity contribution in [1.82, 2.24) is 19.4 Å². The van der Waals surface area contributed by atoms with Gasteiger partial charge in [-0.1, -0.05) is 6.92 Å². The summed E-state index contributed by atoms with van der Waals surface area (Å²) in [6.07, 6.45) is 7.17. The number of fused-ring (bicyclic) bond motifs is 1. The number of hydrogen-bond acceptors (Lipinski definition) is 5. The Balaban J connectivity index is 1.59. The minimum atomic E-state index is -0.405. The second-order valence-electron chi connectivity index (χ2n) is 9.40. The zero-order valence-corrected chi connectivity index (χ0v) is 20.4. The minimum absolute atomic E-state index is 0.00748. The molecule has 0 unspecified atom stereocenters. The molecule has 1 aliphatic heterocycles. The molecule has 1 N–H and O–H groups in total. The molecule has 1 saturated heterocycles. The first-order valence-electron chi connectivity index (χ1n) is 12.2. The van der Waals surface area contributed by atoms with Crippen LogP contribution < -0.4 is 16.6 Å². The van der Waals surface area contributed by atoms with Crippen LogP contribution in [0, 0.1) is 11.8 Å². The van der Waals surface area contributed by atoms with Gasteiger partial charge in [0.2, 0.25) is 11.8 Å². The maximum Gasteiger partial charge on any atom is 0.332 e. The van der Waals surface area contributed by atoms with Gasteiger partial charge in [0.25, 0.3) is 5.56 Å². The first-order chi connectivity index (χ1) is 15.9. The van der Waals surface area contributed by atoms with Crippen molar-refractivity contribution in [3.8, 4) is 0 Å². The molecule has 0 spiro atoms. The quantitative estimate of drug-likeness (QED) is 0.696. The van der Waals surface area contributed by atoms with E-state index in [1.54, 1.807) is 18.5 Å². The standard InChI is InChI=1S/C24H34N4O4S/c1-3-18-6-4-5-12-26(18)20(29)15-27-19-11-13-33-21(19)23(31)28(24(27)32)14-16-7-9-17(10-8-16)22(30)25-2/h11,13,16-18H,3-10,12,14-15H2,1-2H3,(H,25,30)/t16?,17?,18-/m1/s1. The van der Waals surface area contributed by atoms with Gasteiger partial charge in [0.15, 0.2) is 0 Å². The van der Waals surface area contributed by atoms with E-state index in [4.69, 9.17) is 0 Å². The lowest BCUT2D eigenvalue weighted by Crippen LogP contribution is -2.48. The molecule has 1 aliphatic carbocycles. The van der Waals surface area contributed by atoms with Crippen LogP contribution in [-0.4, -0.2) is 45.5 Å². The number of amides is 2. The Morgan fingerprint density at radius 3 is 2.55 bits per heavy atom. The van der Waals surface area contributed by atoms with E-state index in [2.05, 4.69) is 12.2 Å². The van der Waals surface area contributed by atoms with Gasteiger partial charge in [0.05, 0.1) is 5.52 Å². The van der Waals surface area contributed by atoms with Gasteiger partial charge in [-0.15, -0.1) is 11.3 Å². The van der Waals surface area contributed by atoms with Crippen LogP contribution >= 0.6 is 11.3 Å². The zero-order valence-electron chi connectivity index (χ0n) is 19.5. The highest BCUT2D eigenvalue weighted by Gasteiger charge is 2.29. The topological polar surface area (TPSA) is 93.4 Å². The van der Waals surface area contributed by atoms with Gasteiger partial charge in [-0.05, 0) is 68.7 Å². The van der Waals surface area contributed by atoms with Crippen molar-refractivity contribution < 1.29 is 9.59 Å². The van der Waals surface area contributed by atoms with Crippen molar-refractivity contribution in [2.75, 3.05) is 13.6 Å². The third-order valence-corrected chi connectivity index (χ3v) is 8.34. The van der Waals surface area contributed by atoms with Gasteiger partial charge < -0.3 is 10.2 Å². The van der Waals surface area contributed by atoms with Crippen molar-refractivity contribution in [2.45, 2.75) is 77.4 Å². The first-order valence-corrected chi connectivity index (χ1v) is 13.0. The van der Waals surface area contributed by atoms with Crippen LogP contribution in [0.15, 0.2) is 21.0 Å². The monoisotopic (exact) mass is 474 g/mol. The molecule has 2 aromatic rings. The summed E-state index contributed by atoms with van der Waals surface area (Å²) in [7, 11) is 1.65. The van der Waals surface area contributed by atoms with E-state index in [-0.39, 0.29) is 41.8 Å². The van der Waals surface area contributed by atoms with E-state index in [1.165, 1.54) is 20.5 Å². The summed E-state index contributed by atoms with van der Waals surface area (Å²) in [5, 5.41) is 4.52. The molecule has 2 amide bonds. The number of likely N-dealkylation sites (tertiary alicyclic amines) is 1. The van der Waals surface area contributed by atoms with Crippen LogP contribution in [0.2, 0.25) is 0 Å². The van der Waals surface area contributed by atoms with Crippen molar-refractivity contribution in [1.29, 1.82) is 0 Å². The van der Waals surface area contributed by atoms with Gasteiger partial charge in [0, 0.05) is 32.1 Å². The number of thiophene rings is 1. The van der Waals surface area contributed by atoms with Gasteiger partial charge in [-0.2, -0.15) is 0 Å². The Morgan fingerprint density at radius 1 is 1.09 bits per heavy atom. The van der Waals surface area contributed by atoms with Crippen LogP contribution in [-0.2, 0) is 22.7 Å². The molecule has 33 heavy (non-hydrogen) atoms. The molecule has 1 saturated carbocycles. The van der Waals surface area contributed by atoms with Gasteiger partial charge >= 0.3 is 5.69 Å². The van der Waals surface area contributed by atoms with Crippen LogP contribution in [0.4, 0.5) is 0 Å². The highest BCUT2D eigenvalue weighted by molar-refractivity contribution is 7.17. The Labute approximate surface area is 197 Å². The predicted octanol–water partition coefficient (Wildman–Crippen LogP) is 2.57. The fourth-order valence-electron chi connectivity index (χ4n) is 5.50. The summed E-state index contributed by atoms with van der Waals surface area (Å²) >= 11 is 1.32. The SMILES string of the molecule is CC[C@@H]1CCCCN1C(=O)Cn1c(=O)n(CC2CCC(C(=O)NC)CC2)c(=O)c2sccc21. The van der Waals surface area contributed by atoms with Crippen molar-refractivity contribution in [2.24, 2.45) is 11.8 Å². The van der Waals surface area contributed by atoms with E-state index >= 15 is 0 Å². The summed E-state index contributed by atoms with van der Waals surface area (Å²) < 4.78 is 3.34. The van der Waals surface area contributed by atoms with Gasteiger partial charge in [0.1, 0.15) is 11.2 Å². The summed E-state index contributed by atoms with van der Waals surface area (Å²) in [6, 6.07) is 1.99. The molecule has 1 atom stereocenters. The second kappa shape index (κ2) is 10.2. The number of rotatable bonds is 6. The molecule has 8 nitrogen and oxygen atoms in total. The van der Waals surface area contributed by atoms with Crippen molar-refractivity contribution in [3.63, 3.8) is 0 Å². The minimum Gasteiger partial charge on any atom is -0.359 e. The lowest BCUT2D eigenvalue weighted by Gasteiger charge is -2.35. The average molecular weight is 475 g/mol. The highest BCUT2D eigenvalue weighted by Crippen LogP contribution is 2.30. The van der Waals surface area contributed by atoms with Crippen LogP contribution in [0.1, 0.15) is 58.3 Å². The summed E-state index contributed by atoms with van der Waals surface area (Å²) in [5.41, 5.74) is -0.128. The molecule has 0 aromatic carbocycles. The first kappa shape index (κ1) is 23.7. The van der Waals surface area contributed by atoms with Crippen LogP contribution in [0.5, 0.6) is 0 Å². The van der Waals surface area contributed by atoms with E-state index in [0.29, 0.717) is 16.8 Å². The van der Waals surface area contributed by atoms with E-state index in [1.807, 2.05) is 4.90 Å². The summed E-state index contributed by atoms with van der Waals surface area (Å²) in [5.74, 6) is 0.194. The number of nitrogens with one attached hydrogen (secondary N) is 1. The average Bonchev–Trinajstić information content (AvgIpc) is 3.34. The lowest BCUT2D eigenvalue weighted by molar-refractivity contribution is -0.135. The Morgan fingerprint density at radius 2 is 1.85 bits per heavy atom. The predicted molar refractivity (Wildman–Crippen MR) is 130 cm³/mol. The number of carbonyl (C=O) groups excluding carboxylic acids is 2. The Hall–Kier alpha value is -2.42. The van der Waals surface area contributed by atoms with Gasteiger partial charge in [-0.25, -0.2) is 4.79 Å². The van der Waals surface area contributed by atoms with Crippen LogP contribution in [0.25, 0.3) is 10.2 Å². The molecule has 0 bridgehead atoms. The molecule has 2 aromatic heterocycles. The van der Waals surface area contributed by atoms with Crippen molar-refractivity contribution >= 4 is 33.4 Å². The van der Waals surface area contributed by atoms with E-state index < -0.39 is 5.69 Å². The number of carbonyl (C=O) groups is 2. The Kier molecular flexibility index (Phi) is 7.36. The van der Waals surface area contributed by atoms with E-state index in [0.717, 1.165) is 57.9 Å². The molecule has 9 heteroatoms. The molecular weight excluding hydrogens is 440 g/mol. The highest BCUT2D eigenvalue weighted by atomic mass is 32.1. The van der Waals surface area contributed by atoms with Gasteiger partial charge in [-0.3, -0.25) is 23.5 Å². The third kappa shape index (κ3) is 4.78. The largest absolute Gasteiger partial charge is 0.359 e. The lowest BCUT2D eigenvalue weighted by atomic mass is 9.81. The molecule has 0 radical (unpaired) electrons. The molecule has 2 fully saturated rings. The van der Waals surface area contributed by atoms with Crippen molar-refractivity contribution in [3.05, 3.63) is 32.3 Å². The maximum atomic E-state index is 13.5. The smallest absolute Gasteiger partial charge is 0.332 e. The molecule has 180 valence electrons. The number of aromatic nitrogens is 2. The number of nitrogens with zero attached hydrogens (tertiary/aromatic N) is 3. The van der Waals surface area contributed by atoms with Crippen LogP contribution in [0.3, 0.4) is 0 Å². The zero-order chi connectivity index (χ0) is 23.5. The van der Waals surface area contributed by atoms with E-state index in [9.17, 15) is 19.2 Å². The second-order valence-corrected chi connectivity index (χ2v) is 10.3. The summed E-state index contributed by atoms with van der Waals surface area (Å²) in [4.78, 5) is 53.7. The number of hydrogen-bond donors (Lipinski definition) is 1. The maximum absolute atomic E-state index is 13.5. The third-order valence-electron chi connectivity index (χ3n) is 7.45. The molecule has 2 aliphatic rings. The number of piperidine rings is 1. The Bertz CT molecular complexity index is 1130. The molecular formula is C24H34N4O4S. The fraction of sp³-hybridized carbons (Fsp3) is 0.667. The molecule has 3 heterocycles.